The molecule has 0 bridgehead atoms. The number of fused-ring (bicyclic) bond motifs is 2. The number of benzene rings is 1. The van der Waals surface area contributed by atoms with Crippen LogP contribution in [0.4, 0.5) is 17.6 Å². The Morgan fingerprint density at radius 1 is 1.14 bits per heavy atom. The fourth-order valence-electron chi connectivity index (χ4n) is 4.52. The van der Waals surface area contributed by atoms with Gasteiger partial charge in [-0.05, 0) is 45.0 Å². The van der Waals surface area contributed by atoms with Gasteiger partial charge in [-0.3, -0.25) is 14.2 Å². The molecule has 1 amide bonds. The first-order valence-electron chi connectivity index (χ1n) is 11.0. The fourth-order valence-corrected chi connectivity index (χ4v) is 4.52. The molecule has 1 unspecified atom stereocenters. The molecule has 0 spiro atoms. The molecule has 11 heteroatoms. The van der Waals surface area contributed by atoms with Crippen LogP contribution in [0, 0.1) is 12.7 Å². The smallest absolute Gasteiger partial charge is 0.419 e. The second-order valence-electron chi connectivity index (χ2n) is 8.66. The van der Waals surface area contributed by atoms with E-state index >= 15 is 0 Å². The second-order valence-corrected chi connectivity index (χ2v) is 8.66. The molecule has 0 N–H and O–H groups in total. The maximum Gasteiger partial charge on any atom is 0.419 e. The van der Waals surface area contributed by atoms with Gasteiger partial charge >= 0.3 is 6.18 Å². The molecular formula is C25H20F4N4O3. The third-order valence-electron chi connectivity index (χ3n) is 6.37. The lowest BCUT2D eigenvalue weighted by atomic mass is 10.0. The number of halogens is 4. The predicted octanol–water partition coefficient (Wildman–Crippen LogP) is 5.37. The quantitative estimate of drug-likeness (QED) is 0.355. The summed E-state index contributed by atoms with van der Waals surface area (Å²) in [6, 6.07) is 3.67. The van der Waals surface area contributed by atoms with Gasteiger partial charge in [0.25, 0.3) is 11.5 Å². The summed E-state index contributed by atoms with van der Waals surface area (Å²) in [6.07, 6.45) is 1.22. The molecule has 36 heavy (non-hydrogen) atoms. The van der Waals surface area contributed by atoms with Crippen molar-refractivity contribution in [3.63, 3.8) is 0 Å². The zero-order chi connectivity index (χ0) is 25.9. The maximum absolute atomic E-state index is 14.0. The van der Waals surface area contributed by atoms with E-state index in [1.807, 2.05) is 0 Å². The highest BCUT2D eigenvalue weighted by molar-refractivity contribution is 5.95. The highest BCUT2D eigenvalue weighted by Crippen LogP contribution is 2.38. The molecule has 4 aromatic rings. The maximum atomic E-state index is 14.0. The van der Waals surface area contributed by atoms with Crippen molar-refractivity contribution in [1.82, 2.24) is 19.0 Å². The van der Waals surface area contributed by atoms with Crippen molar-refractivity contribution >= 4 is 16.9 Å². The molecule has 4 heterocycles. The van der Waals surface area contributed by atoms with E-state index in [1.54, 1.807) is 37.6 Å². The van der Waals surface area contributed by atoms with Gasteiger partial charge in [0.1, 0.15) is 22.8 Å². The number of aromatic nitrogens is 3. The number of hydrogen-bond donors (Lipinski definition) is 0. The van der Waals surface area contributed by atoms with Gasteiger partial charge < -0.3 is 13.9 Å². The van der Waals surface area contributed by atoms with Crippen LogP contribution in [0.1, 0.15) is 47.2 Å². The van der Waals surface area contributed by atoms with Crippen LogP contribution in [-0.4, -0.2) is 24.9 Å². The van der Waals surface area contributed by atoms with Gasteiger partial charge in [-0.25, -0.2) is 9.37 Å². The number of rotatable bonds is 3. The minimum Gasteiger partial charge on any atom is -0.464 e. The van der Waals surface area contributed by atoms with E-state index in [2.05, 4.69) is 4.98 Å². The lowest BCUT2D eigenvalue weighted by Crippen LogP contribution is -2.35. The molecule has 7 nitrogen and oxygen atoms in total. The van der Waals surface area contributed by atoms with Crippen molar-refractivity contribution < 1.29 is 26.8 Å². The van der Waals surface area contributed by atoms with Crippen LogP contribution in [0.15, 0.2) is 64.0 Å². The molecule has 3 aromatic heterocycles. The van der Waals surface area contributed by atoms with E-state index in [0.29, 0.717) is 23.5 Å². The molecule has 186 valence electrons. The topological polar surface area (TPSA) is 73.3 Å². The Morgan fingerprint density at radius 3 is 2.56 bits per heavy atom. The first-order valence-corrected chi connectivity index (χ1v) is 11.0. The summed E-state index contributed by atoms with van der Waals surface area (Å²) in [5.74, 6) is -1.95. The number of furan rings is 1. The third-order valence-corrected chi connectivity index (χ3v) is 6.37. The summed E-state index contributed by atoms with van der Waals surface area (Å²) in [5.41, 5.74) is 0.0678. The molecule has 0 saturated carbocycles. The first-order chi connectivity index (χ1) is 17.0. The van der Waals surface area contributed by atoms with Crippen molar-refractivity contribution in [1.29, 1.82) is 0 Å². The number of aryl methyl sites for hydroxylation is 1. The molecule has 1 aliphatic rings. The van der Waals surface area contributed by atoms with Crippen molar-refractivity contribution in [3.8, 4) is 5.69 Å². The summed E-state index contributed by atoms with van der Waals surface area (Å²) in [4.78, 5) is 32.4. The average Bonchev–Trinajstić information content (AvgIpc) is 3.39. The summed E-state index contributed by atoms with van der Waals surface area (Å²) in [5, 5.41) is 0.0456. The van der Waals surface area contributed by atoms with Crippen LogP contribution in [0.3, 0.4) is 0 Å². The van der Waals surface area contributed by atoms with E-state index in [9.17, 15) is 27.2 Å². The molecule has 0 aliphatic carbocycles. The standard InChI is InChI=1S/C25H20F4N4O3/c1-13-10-31(12-30-13)20-4-5-21-24(35)33(14(2)6-7-32(21)23(20)34)15(3)17-11-36-22-9-19(26)18(8-16(17)22)25(27,28)29/h4-6,8-12,15H,7H2,1-3H3. The van der Waals surface area contributed by atoms with Crippen molar-refractivity contribution in [3.05, 3.63) is 93.5 Å². The van der Waals surface area contributed by atoms with Gasteiger partial charge in [0.15, 0.2) is 0 Å². The Hall–Kier alpha value is -4.15. The Bertz CT molecular complexity index is 1610. The Kier molecular flexibility index (Phi) is 5.38. The Morgan fingerprint density at radius 2 is 1.89 bits per heavy atom. The normalized spacial score (nSPS) is 15.1. The molecule has 1 aromatic carbocycles. The number of pyridine rings is 1. The van der Waals surface area contributed by atoms with Gasteiger partial charge in [-0.2, -0.15) is 13.2 Å². The number of hydrogen-bond acceptors (Lipinski definition) is 4. The molecule has 1 atom stereocenters. The number of imidazole rings is 1. The summed E-state index contributed by atoms with van der Waals surface area (Å²) in [7, 11) is 0. The molecule has 1 aliphatic heterocycles. The van der Waals surface area contributed by atoms with Gasteiger partial charge in [0, 0.05) is 35.5 Å². The molecule has 0 saturated heterocycles. The predicted molar refractivity (Wildman–Crippen MR) is 122 cm³/mol. The lowest BCUT2D eigenvalue weighted by Gasteiger charge is -2.29. The van der Waals surface area contributed by atoms with Crippen LogP contribution in [0.25, 0.3) is 16.7 Å². The van der Waals surface area contributed by atoms with E-state index < -0.39 is 35.1 Å². The first kappa shape index (κ1) is 23.6. The molecule has 0 fully saturated rings. The van der Waals surface area contributed by atoms with Gasteiger partial charge in [-0.1, -0.05) is 0 Å². The Balaban J connectivity index is 1.59. The molecular weight excluding hydrogens is 480 g/mol. The van der Waals surface area contributed by atoms with E-state index in [4.69, 9.17) is 4.42 Å². The number of nitrogens with zero attached hydrogens (tertiary/aromatic N) is 4. The van der Waals surface area contributed by atoms with Crippen LogP contribution >= 0.6 is 0 Å². The minimum atomic E-state index is -4.89. The Labute approximate surface area is 201 Å². The summed E-state index contributed by atoms with van der Waals surface area (Å²) < 4.78 is 62.3. The average molecular weight is 500 g/mol. The SMILES string of the molecule is CC1=CCn2c(ccc(-n3cnc(C)c3)c2=O)C(=O)N1C(C)c1coc2cc(F)c(C(F)(F)F)cc12. The lowest BCUT2D eigenvalue weighted by molar-refractivity contribution is -0.139. The van der Waals surface area contributed by atoms with Crippen LogP contribution < -0.4 is 5.56 Å². The molecule has 0 radical (unpaired) electrons. The number of allylic oxidation sites excluding steroid dienone is 2. The van der Waals surface area contributed by atoms with Gasteiger partial charge in [0.05, 0.1) is 29.9 Å². The minimum absolute atomic E-state index is 0.0456. The van der Waals surface area contributed by atoms with Gasteiger partial charge in [0.2, 0.25) is 0 Å². The highest BCUT2D eigenvalue weighted by Gasteiger charge is 2.36. The number of alkyl halides is 3. The molecule has 5 rings (SSSR count). The highest BCUT2D eigenvalue weighted by atomic mass is 19.4. The van der Waals surface area contributed by atoms with Crippen molar-refractivity contribution in [2.45, 2.75) is 39.5 Å². The van der Waals surface area contributed by atoms with E-state index in [-0.39, 0.29) is 28.8 Å². The van der Waals surface area contributed by atoms with E-state index in [1.165, 1.54) is 34.2 Å². The third kappa shape index (κ3) is 3.71. The monoisotopic (exact) mass is 500 g/mol. The van der Waals surface area contributed by atoms with Crippen LogP contribution in [0.2, 0.25) is 0 Å². The fraction of sp³-hybridized carbons (Fsp3) is 0.240. The van der Waals surface area contributed by atoms with E-state index in [0.717, 1.165) is 5.69 Å². The number of amides is 1. The van der Waals surface area contributed by atoms with Crippen molar-refractivity contribution in [2.75, 3.05) is 0 Å². The second kappa shape index (κ2) is 8.21. The zero-order valence-corrected chi connectivity index (χ0v) is 19.4. The number of carbonyl (C=O) groups is 1. The summed E-state index contributed by atoms with van der Waals surface area (Å²) in [6.45, 7) is 5.21. The summed E-state index contributed by atoms with van der Waals surface area (Å²) >= 11 is 0. The van der Waals surface area contributed by atoms with Gasteiger partial charge in [-0.15, -0.1) is 0 Å². The zero-order valence-electron chi connectivity index (χ0n) is 19.4. The van der Waals surface area contributed by atoms with Crippen molar-refractivity contribution in [2.24, 2.45) is 0 Å². The van der Waals surface area contributed by atoms with Crippen LogP contribution in [0.5, 0.6) is 0 Å². The number of carbonyl (C=O) groups excluding carboxylic acids is 1. The van der Waals surface area contributed by atoms with Crippen LogP contribution in [-0.2, 0) is 12.7 Å². The largest absolute Gasteiger partial charge is 0.464 e.